The lowest BCUT2D eigenvalue weighted by Crippen LogP contribution is -2.51. The van der Waals surface area contributed by atoms with Crippen molar-refractivity contribution in [3.63, 3.8) is 0 Å². The van der Waals surface area contributed by atoms with Gasteiger partial charge in [-0.15, -0.1) is 0 Å². The van der Waals surface area contributed by atoms with Gasteiger partial charge in [-0.25, -0.2) is 4.90 Å². The second-order valence-corrected chi connectivity index (χ2v) is 11.4. The van der Waals surface area contributed by atoms with Crippen molar-refractivity contribution in [2.24, 2.45) is 11.8 Å². The van der Waals surface area contributed by atoms with Crippen molar-refractivity contribution in [1.82, 2.24) is 0 Å². The number of fused-ring (bicyclic) bond motifs is 3. The summed E-state index contributed by atoms with van der Waals surface area (Å²) in [6.45, 7) is 0. The van der Waals surface area contributed by atoms with E-state index in [4.69, 9.17) is 21.1 Å². The Morgan fingerprint density at radius 1 is 0.732 bits per heavy atom. The molecule has 2 saturated heterocycles. The Morgan fingerprint density at radius 2 is 1.29 bits per heavy atom. The molecule has 0 N–H and O–H groups in total. The van der Waals surface area contributed by atoms with Crippen molar-refractivity contribution < 1.29 is 28.7 Å². The summed E-state index contributed by atoms with van der Waals surface area (Å²) < 4.78 is 13.0. The van der Waals surface area contributed by atoms with Crippen LogP contribution in [-0.4, -0.2) is 29.0 Å². The Bertz CT molecular complexity index is 1720. The highest BCUT2D eigenvalue weighted by atomic mass is 79.9. The number of Topliss-reactive ketones (excluding diaryl/α,β-unsaturated/α-hetero) is 2. The number of hydrogen-bond donors (Lipinski definition) is 0. The second kappa shape index (κ2) is 9.48. The van der Waals surface area contributed by atoms with Gasteiger partial charge in [-0.05, 0) is 66.2 Å². The Kier molecular flexibility index (Phi) is 5.97. The first kappa shape index (κ1) is 25.8. The fraction of sp³-hybridized carbons (Fsp3) is 0.125. The van der Waals surface area contributed by atoms with Crippen LogP contribution in [0.5, 0.6) is 11.5 Å². The zero-order valence-corrected chi connectivity index (χ0v) is 23.5. The van der Waals surface area contributed by atoms with E-state index in [0.29, 0.717) is 27.8 Å². The fourth-order valence-electron chi connectivity index (χ4n) is 6.03. The zero-order valence-electron chi connectivity index (χ0n) is 21.1. The van der Waals surface area contributed by atoms with E-state index in [9.17, 15) is 19.2 Å². The number of benzene rings is 4. The first-order valence-electron chi connectivity index (χ1n) is 12.8. The number of rotatable bonds is 4. The molecule has 4 aromatic carbocycles. The van der Waals surface area contributed by atoms with E-state index in [1.807, 2.05) is 0 Å². The van der Waals surface area contributed by atoms with Crippen LogP contribution in [0.4, 0.5) is 5.69 Å². The van der Waals surface area contributed by atoms with Crippen molar-refractivity contribution >= 4 is 56.6 Å². The van der Waals surface area contributed by atoms with Crippen LogP contribution in [0.1, 0.15) is 32.4 Å². The van der Waals surface area contributed by atoms with Crippen LogP contribution in [0.15, 0.2) is 102 Å². The van der Waals surface area contributed by atoms with Crippen molar-refractivity contribution in [1.29, 1.82) is 0 Å². The van der Waals surface area contributed by atoms with Crippen LogP contribution in [0.3, 0.4) is 0 Å². The summed E-state index contributed by atoms with van der Waals surface area (Å²) in [6.07, 6.45) is -0.982. The van der Waals surface area contributed by atoms with E-state index in [2.05, 4.69) is 15.9 Å². The van der Waals surface area contributed by atoms with E-state index < -0.39 is 46.9 Å². The van der Waals surface area contributed by atoms with Gasteiger partial charge in [0.1, 0.15) is 11.5 Å². The molecule has 3 atom stereocenters. The lowest BCUT2D eigenvalue weighted by Gasteiger charge is -2.27. The highest BCUT2D eigenvalue weighted by molar-refractivity contribution is 9.10. The van der Waals surface area contributed by atoms with Crippen molar-refractivity contribution in [3.05, 3.63) is 123 Å². The molecule has 9 heteroatoms. The number of carbonyl (C=O) groups is 4. The molecule has 202 valence electrons. The largest absolute Gasteiger partial charge is 0.457 e. The third kappa shape index (κ3) is 3.82. The van der Waals surface area contributed by atoms with Gasteiger partial charge in [0.15, 0.2) is 0 Å². The first-order chi connectivity index (χ1) is 19.8. The summed E-state index contributed by atoms with van der Waals surface area (Å²) in [5.41, 5.74) is -0.847. The molecule has 41 heavy (non-hydrogen) atoms. The molecule has 2 fully saturated rings. The molecule has 0 saturated carbocycles. The van der Waals surface area contributed by atoms with Crippen LogP contribution < -0.4 is 9.64 Å². The Hall–Kier alpha value is -4.11. The minimum absolute atomic E-state index is 0.190. The average Bonchev–Trinajstić information content (AvgIpc) is 3.55. The van der Waals surface area contributed by atoms with Gasteiger partial charge >= 0.3 is 0 Å². The lowest BCUT2D eigenvalue weighted by molar-refractivity contribution is -0.127. The van der Waals surface area contributed by atoms with E-state index in [0.717, 1.165) is 9.37 Å². The molecule has 0 bridgehead atoms. The molecular weight excluding hydrogens is 610 g/mol. The average molecular weight is 629 g/mol. The van der Waals surface area contributed by atoms with Gasteiger partial charge in [-0.1, -0.05) is 63.9 Å². The number of anilines is 1. The molecule has 2 aliphatic heterocycles. The molecule has 2 heterocycles. The van der Waals surface area contributed by atoms with Gasteiger partial charge in [0.2, 0.25) is 29.0 Å². The normalized spacial score (nSPS) is 22.4. The fourth-order valence-corrected chi connectivity index (χ4v) is 6.42. The summed E-state index contributed by atoms with van der Waals surface area (Å²) in [5, 5.41) is 0.579. The zero-order chi connectivity index (χ0) is 28.5. The predicted octanol–water partition coefficient (Wildman–Crippen LogP) is 6.59. The topological polar surface area (TPSA) is 90.0 Å². The second-order valence-electron chi connectivity index (χ2n) is 10.1. The van der Waals surface area contributed by atoms with Crippen LogP contribution in [0.2, 0.25) is 5.02 Å². The highest BCUT2D eigenvalue weighted by Crippen LogP contribution is 2.57. The maximum atomic E-state index is 14.1. The molecule has 0 radical (unpaired) electrons. The molecule has 2 amide bonds. The Labute approximate surface area is 247 Å². The van der Waals surface area contributed by atoms with Gasteiger partial charge < -0.3 is 9.47 Å². The number of imide groups is 1. The molecule has 1 aliphatic carbocycles. The standard InChI is InChI=1S/C32H19BrClNO6/c33-18-7-5-17(6-8-18)27-25-26(32(41-27)28(36)23-3-1-2-4-24(23)29(32)37)31(39)35(30(25)38)20-11-15-22(16-12-20)40-21-13-9-19(34)10-14-21/h1-16,25-27H/t25-,26-,27-/m0/s1. The molecule has 1 spiro atoms. The minimum Gasteiger partial charge on any atom is -0.457 e. The third-order valence-electron chi connectivity index (χ3n) is 7.86. The molecule has 4 aromatic rings. The summed E-state index contributed by atoms with van der Waals surface area (Å²) in [4.78, 5) is 57.0. The van der Waals surface area contributed by atoms with E-state index in [-0.39, 0.29) is 11.1 Å². The van der Waals surface area contributed by atoms with E-state index in [1.165, 1.54) is 0 Å². The number of hydrogen-bond acceptors (Lipinski definition) is 6. The first-order valence-corrected chi connectivity index (χ1v) is 14.0. The monoisotopic (exact) mass is 627 g/mol. The van der Waals surface area contributed by atoms with Gasteiger partial charge in [0.05, 0.1) is 23.6 Å². The van der Waals surface area contributed by atoms with Crippen LogP contribution in [-0.2, 0) is 14.3 Å². The number of ether oxygens (including phenoxy) is 2. The van der Waals surface area contributed by atoms with Gasteiger partial charge in [-0.3, -0.25) is 19.2 Å². The third-order valence-corrected chi connectivity index (χ3v) is 8.64. The maximum absolute atomic E-state index is 14.1. The summed E-state index contributed by atoms with van der Waals surface area (Å²) >= 11 is 9.35. The van der Waals surface area contributed by atoms with Crippen LogP contribution in [0.25, 0.3) is 0 Å². The van der Waals surface area contributed by atoms with Crippen LogP contribution in [0, 0.1) is 11.8 Å². The number of halogens is 2. The smallest absolute Gasteiger partial charge is 0.241 e. The van der Waals surface area contributed by atoms with Crippen molar-refractivity contribution in [2.45, 2.75) is 11.7 Å². The van der Waals surface area contributed by atoms with Crippen molar-refractivity contribution in [2.75, 3.05) is 4.90 Å². The molecule has 7 nitrogen and oxygen atoms in total. The Balaban J connectivity index is 1.28. The van der Waals surface area contributed by atoms with Gasteiger partial charge in [-0.2, -0.15) is 0 Å². The highest BCUT2D eigenvalue weighted by Gasteiger charge is 2.74. The Morgan fingerprint density at radius 3 is 1.88 bits per heavy atom. The number of amides is 2. The molecular formula is C32H19BrClNO6. The quantitative estimate of drug-likeness (QED) is 0.187. The molecule has 7 rings (SSSR count). The number of ketones is 2. The SMILES string of the molecule is O=C1[C@H]2[C@@H](C(=O)N1c1ccc(Oc3ccc(Cl)cc3)cc1)C1(O[C@H]2c2ccc(Br)cc2)C(=O)c2ccccc2C1=O. The van der Waals surface area contributed by atoms with Crippen molar-refractivity contribution in [3.8, 4) is 11.5 Å². The van der Waals surface area contributed by atoms with Crippen LogP contribution >= 0.6 is 27.5 Å². The molecule has 0 aromatic heterocycles. The number of nitrogens with zero attached hydrogens (tertiary/aromatic N) is 1. The summed E-state index contributed by atoms with van der Waals surface area (Å²) in [5.74, 6) is -3.71. The molecule has 0 unspecified atom stereocenters. The maximum Gasteiger partial charge on any atom is 0.241 e. The van der Waals surface area contributed by atoms with E-state index >= 15 is 0 Å². The molecule has 3 aliphatic rings. The summed E-state index contributed by atoms with van der Waals surface area (Å²) in [7, 11) is 0. The minimum atomic E-state index is -2.12. The van der Waals surface area contributed by atoms with Gasteiger partial charge in [0.25, 0.3) is 0 Å². The van der Waals surface area contributed by atoms with Gasteiger partial charge in [0, 0.05) is 20.6 Å². The lowest BCUT2D eigenvalue weighted by atomic mass is 9.77. The summed E-state index contributed by atoms with van der Waals surface area (Å²) in [6, 6.07) is 26.8. The van der Waals surface area contributed by atoms with E-state index in [1.54, 1.807) is 97.1 Å². The number of carbonyl (C=O) groups excluding carboxylic acids is 4. The predicted molar refractivity (Wildman–Crippen MR) is 153 cm³/mol.